The first-order chi connectivity index (χ1) is 8.04. The highest BCUT2D eigenvalue weighted by molar-refractivity contribution is 6.37. The largest absolute Gasteiger partial charge is 0.493 e. The lowest BCUT2D eigenvalue weighted by Gasteiger charge is -2.16. The summed E-state index contributed by atoms with van der Waals surface area (Å²) in [5.41, 5.74) is 6.72. The second-order valence-corrected chi connectivity index (χ2v) is 4.54. The highest BCUT2D eigenvalue weighted by atomic mass is 35.5. The minimum Gasteiger partial charge on any atom is -0.493 e. The summed E-state index contributed by atoms with van der Waals surface area (Å²) < 4.78 is 10.4. The Balaban J connectivity index is 0.00000289. The third-order valence-corrected chi connectivity index (χ3v) is 3.39. The lowest BCUT2D eigenvalue weighted by Crippen LogP contribution is -2.21. The molecule has 0 amide bonds. The van der Waals surface area contributed by atoms with Gasteiger partial charge >= 0.3 is 0 Å². The zero-order valence-corrected chi connectivity index (χ0v) is 13.0. The van der Waals surface area contributed by atoms with Crippen LogP contribution in [0.25, 0.3) is 0 Å². The van der Waals surface area contributed by atoms with Crippen molar-refractivity contribution in [3.05, 3.63) is 21.7 Å². The molecule has 0 fully saturated rings. The molecule has 0 saturated heterocycles. The van der Waals surface area contributed by atoms with Gasteiger partial charge in [-0.1, -0.05) is 30.1 Å². The minimum absolute atomic E-state index is 0. The molecule has 6 heteroatoms. The molecule has 3 nitrogen and oxygen atoms in total. The van der Waals surface area contributed by atoms with Crippen LogP contribution in [-0.2, 0) is 6.42 Å². The van der Waals surface area contributed by atoms with Crippen LogP contribution in [0, 0.1) is 0 Å². The molecule has 1 aromatic rings. The normalized spacial score (nSPS) is 11.7. The van der Waals surface area contributed by atoms with E-state index in [1.807, 2.05) is 6.92 Å². The van der Waals surface area contributed by atoms with E-state index in [0.29, 0.717) is 28.0 Å². The average Bonchev–Trinajstić information content (AvgIpc) is 2.33. The van der Waals surface area contributed by atoms with Crippen molar-refractivity contribution in [3.8, 4) is 11.5 Å². The fraction of sp³-hybridized carbons (Fsp3) is 0.500. The minimum atomic E-state index is 0. The molecule has 104 valence electrons. The van der Waals surface area contributed by atoms with Gasteiger partial charge in [-0.3, -0.25) is 0 Å². The van der Waals surface area contributed by atoms with Gasteiger partial charge in [0.2, 0.25) is 0 Å². The van der Waals surface area contributed by atoms with Gasteiger partial charge in [-0.15, -0.1) is 12.4 Å². The van der Waals surface area contributed by atoms with E-state index in [1.54, 1.807) is 20.3 Å². The fourth-order valence-corrected chi connectivity index (χ4v) is 2.22. The SMILES string of the molecule is CCC(N)Cc1c(Cl)cc(OC)c(OC)c1Cl.Cl. The summed E-state index contributed by atoms with van der Waals surface area (Å²) in [4.78, 5) is 0. The number of hydrogen-bond donors (Lipinski definition) is 1. The summed E-state index contributed by atoms with van der Waals surface area (Å²) in [7, 11) is 3.09. The summed E-state index contributed by atoms with van der Waals surface area (Å²) in [6.07, 6.45) is 1.48. The lowest BCUT2D eigenvalue weighted by atomic mass is 10.0. The van der Waals surface area contributed by atoms with Gasteiger partial charge in [-0.05, 0) is 18.4 Å². The van der Waals surface area contributed by atoms with Crippen LogP contribution in [0.2, 0.25) is 10.0 Å². The van der Waals surface area contributed by atoms with E-state index in [2.05, 4.69) is 0 Å². The summed E-state index contributed by atoms with van der Waals surface area (Å²) in [6, 6.07) is 1.73. The van der Waals surface area contributed by atoms with Crippen molar-refractivity contribution in [1.82, 2.24) is 0 Å². The molecule has 0 saturated carbocycles. The molecular formula is C12H18Cl3NO2. The first kappa shape index (κ1) is 17.6. The van der Waals surface area contributed by atoms with Crippen LogP contribution < -0.4 is 15.2 Å². The van der Waals surface area contributed by atoms with Crippen molar-refractivity contribution in [1.29, 1.82) is 0 Å². The molecule has 1 unspecified atom stereocenters. The van der Waals surface area contributed by atoms with Crippen LogP contribution in [0.4, 0.5) is 0 Å². The molecule has 18 heavy (non-hydrogen) atoms. The number of benzene rings is 1. The Kier molecular flexibility index (Phi) is 7.79. The van der Waals surface area contributed by atoms with E-state index in [0.717, 1.165) is 12.0 Å². The number of rotatable bonds is 5. The van der Waals surface area contributed by atoms with Gasteiger partial charge in [-0.2, -0.15) is 0 Å². The molecule has 1 rings (SSSR count). The topological polar surface area (TPSA) is 44.5 Å². The maximum absolute atomic E-state index is 6.25. The van der Waals surface area contributed by atoms with Gasteiger partial charge in [0.05, 0.1) is 19.2 Å². The van der Waals surface area contributed by atoms with E-state index in [-0.39, 0.29) is 18.4 Å². The monoisotopic (exact) mass is 313 g/mol. The number of methoxy groups -OCH3 is 2. The average molecular weight is 315 g/mol. The first-order valence-electron chi connectivity index (χ1n) is 5.39. The highest BCUT2D eigenvalue weighted by Gasteiger charge is 2.18. The Hall–Kier alpha value is -0.350. The van der Waals surface area contributed by atoms with Crippen LogP contribution >= 0.6 is 35.6 Å². The molecular weight excluding hydrogens is 296 g/mol. The van der Waals surface area contributed by atoms with E-state index < -0.39 is 0 Å². The molecule has 0 heterocycles. The van der Waals surface area contributed by atoms with Crippen LogP contribution in [-0.4, -0.2) is 20.3 Å². The standard InChI is InChI=1S/C12H17Cl2NO2.ClH/c1-4-7(15)5-8-9(13)6-10(16-2)12(17-3)11(8)14;/h6-7H,4-5,15H2,1-3H3;1H. The Morgan fingerprint density at radius 1 is 1.28 bits per heavy atom. The smallest absolute Gasteiger partial charge is 0.179 e. The predicted molar refractivity (Wildman–Crippen MR) is 78.8 cm³/mol. The predicted octanol–water partition coefficient (Wildman–Crippen LogP) is 3.71. The van der Waals surface area contributed by atoms with Crippen LogP contribution in [0.5, 0.6) is 11.5 Å². The molecule has 1 atom stereocenters. The quantitative estimate of drug-likeness (QED) is 0.901. The molecule has 0 aliphatic carbocycles. The van der Waals surface area contributed by atoms with Crippen molar-refractivity contribution in [2.24, 2.45) is 5.73 Å². The number of halogens is 3. The Morgan fingerprint density at radius 2 is 1.89 bits per heavy atom. The van der Waals surface area contributed by atoms with E-state index in [9.17, 15) is 0 Å². The zero-order chi connectivity index (χ0) is 13.0. The van der Waals surface area contributed by atoms with Gasteiger partial charge in [0.1, 0.15) is 0 Å². The molecule has 0 bridgehead atoms. The van der Waals surface area contributed by atoms with Crippen molar-refractivity contribution < 1.29 is 9.47 Å². The van der Waals surface area contributed by atoms with Gasteiger partial charge < -0.3 is 15.2 Å². The van der Waals surface area contributed by atoms with Crippen molar-refractivity contribution >= 4 is 35.6 Å². The van der Waals surface area contributed by atoms with E-state index in [4.69, 9.17) is 38.4 Å². The maximum Gasteiger partial charge on any atom is 0.179 e. The molecule has 1 aromatic carbocycles. The second kappa shape index (κ2) is 7.95. The number of nitrogens with two attached hydrogens (primary N) is 1. The third-order valence-electron chi connectivity index (χ3n) is 2.65. The summed E-state index contributed by atoms with van der Waals surface area (Å²) >= 11 is 12.4. The maximum atomic E-state index is 6.25. The first-order valence-corrected chi connectivity index (χ1v) is 6.15. The Morgan fingerprint density at radius 3 is 2.33 bits per heavy atom. The van der Waals surface area contributed by atoms with Crippen LogP contribution in [0.3, 0.4) is 0 Å². The van der Waals surface area contributed by atoms with Gasteiger partial charge in [0.25, 0.3) is 0 Å². The van der Waals surface area contributed by atoms with Gasteiger partial charge in [0, 0.05) is 17.1 Å². The van der Waals surface area contributed by atoms with Crippen molar-refractivity contribution in [3.63, 3.8) is 0 Å². The summed E-state index contributed by atoms with van der Waals surface area (Å²) in [5.74, 6) is 1.02. The van der Waals surface area contributed by atoms with Crippen molar-refractivity contribution in [2.75, 3.05) is 14.2 Å². The second-order valence-electron chi connectivity index (χ2n) is 3.76. The molecule has 0 aliphatic rings. The Bertz CT molecular complexity index is 399. The molecule has 2 N–H and O–H groups in total. The molecule has 0 aromatic heterocycles. The molecule has 0 radical (unpaired) electrons. The molecule has 0 spiro atoms. The van der Waals surface area contributed by atoms with Crippen LogP contribution in [0.1, 0.15) is 18.9 Å². The Labute approximate surface area is 124 Å². The lowest BCUT2D eigenvalue weighted by molar-refractivity contribution is 0.354. The van der Waals surface area contributed by atoms with Crippen LogP contribution in [0.15, 0.2) is 6.07 Å². The fourth-order valence-electron chi connectivity index (χ4n) is 1.55. The van der Waals surface area contributed by atoms with E-state index >= 15 is 0 Å². The highest BCUT2D eigenvalue weighted by Crippen LogP contribution is 2.41. The molecule has 0 aliphatic heterocycles. The van der Waals surface area contributed by atoms with Gasteiger partial charge in [-0.25, -0.2) is 0 Å². The van der Waals surface area contributed by atoms with E-state index in [1.165, 1.54) is 0 Å². The van der Waals surface area contributed by atoms with Crippen molar-refractivity contribution in [2.45, 2.75) is 25.8 Å². The summed E-state index contributed by atoms with van der Waals surface area (Å²) in [6.45, 7) is 2.02. The number of ether oxygens (including phenoxy) is 2. The summed E-state index contributed by atoms with van der Waals surface area (Å²) in [5, 5.41) is 1.03. The number of hydrogen-bond acceptors (Lipinski definition) is 3. The zero-order valence-electron chi connectivity index (χ0n) is 10.6. The third kappa shape index (κ3) is 3.82. The van der Waals surface area contributed by atoms with Gasteiger partial charge in [0.15, 0.2) is 11.5 Å².